The number of piperidine rings is 1. The Morgan fingerprint density at radius 2 is 2.00 bits per heavy atom. The van der Waals surface area contributed by atoms with Crippen LogP contribution in [0.4, 0.5) is 5.13 Å². The molecule has 0 spiro atoms. The highest BCUT2D eigenvalue weighted by atomic mass is 32.1. The van der Waals surface area contributed by atoms with E-state index in [1.807, 2.05) is 32.0 Å². The summed E-state index contributed by atoms with van der Waals surface area (Å²) in [6.07, 6.45) is 3.99. The van der Waals surface area contributed by atoms with E-state index < -0.39 is 11.4 Å². The van der Waals surface area contributed by atoms with Gasteiger partial charge in [-0.05, 0) is 79.8 Å². The molecule has 4 heterocycles. The Labute approximate surface area is 247 Å². The molecule has 0 amide bonds. The molecule has 0 saturated carbocycles. The fraction of sp³-hybridized carbons (Fsp3) is 0.515. The molecule has 0 aliphatic carbocycles. The maximum absolute atomic E-state index is 11.8. The second-order valence-corrected chi connectivity index (χ2v) is 13.0. The lowest BCUT2D eigenvalue weighted by atomic mass is 9.73. The number of rotatable bonds is 7. The van der Waals surface area contributed by atoms with Crippen molar-refractivity contribution in [3.8, 4) is 17.0 Å². The van der Waals surface area contributed by atoms with E-state index in [1.54, 1.807) is 11.3 Å². The minimum atomic E-state index is -0.707. The lowest BCUT2D eigenvalue weighted by molar-refractivity contribution is -0.152. The predicted octanol–water partition coefficient (Wildman–Crippen LogP) is 6.17. The summed E-state index contributed by atoms with van der Waals surface area (Å²) < 4.78 is 12.0. The normalized spacial score (nSPS) is 23.8. The Bertz CT molecular complexity index is 1400. The monoisotopic (exact) mass is 575 g/mol. The largest absolute Gasteiger partial charge is 0.488 e. The number of aromatic nitrogens is 1. The molecule has 7 nitrogen and oxygen atoms in total. The van der Waals surface area contributed by atoms with Crippen LogP contribution >= 0.6 is 11.3 Å². The quantitative estimate of drug-likeness (QED) is 0.361. The van der Waals surface area contributed by atoms with Crippen molar-refractivity contribution in [2.75, 3.05) is 37.7 Å². The molecule has 0 unspecified atom stereocenters. The molecule has 1 N–H and O–H groups in total. The van der Waals surface area contributed by atoms with Gasteiger partial charge in [0.1, 0.15) is 12.4 Å². The number of carboxylic acid groups (broad SMARTS) is 1. The third-order valence-corrected chi connectivity index (χ3v) is 10.7. The molecule has 1 aromatic heterocycles. The first-order valence-electron chi connectivity index (χ1n) is 14.9. The van der Waals surface area contributed by atoms with E-state index in [2.05, 4.69) is 40.3 Å². The number of anilines is 1. The van der Waals surface area contributed by atoms with E-state index in [0.29, 0.717) is 32.2 Å². The number of carbonyl (C=O) groups is 1. The van der Waals surface area contributed by atoms with Gasteiger partial charge in [0.2, 0.25) is 0 Å². The van der Waals surface area contributed by atoms with E-state index in [1.165, 1.54) is 22.3 Å². The maximum Gasteiger partial charge on any atom is 0.309 e. The van der Waals surface area contributed by atoms with E-state index in [4.69, 9.17) is 14.5 Å². The first-order valence-corrected chi connectivity index (χ1v) is 15.8. The number of nitrogens with zero attached hydrogens (tertiary/aromatic N) is 3. The topological polar surface area (TPSA) is 75.1 Å². The average molecular weight is 576 g/mol. The number of fused-ring (bicyclic) bond motifs is 1. The SMILES string of the molecule is Cc1c(COc2ccccc2-c2csc(N3CC[C@](C)(C(=O)O)[C@@H](C)C3)n2)ccc2c1CCN(C1CCOCC1)C2. The fourth-order valence-electron chi connectivity index (χ4n) is 6.65. The van der Waals surface area contributed by atoms with Crippen LogP contribution in [0.5, 0.6) is 5.75 Å². The number of hydrogen-bond acceptors (Lipinski definition) is 7. The van der Waals surface area contributed by atoms with Crippen molar-refractivity contribution in [3.63, 3.8) is 0 Å². The summed E-state index contributed by atoms with van der Waals surface area (Å²) in [5.41, 5.74) is 6.73. The van der Waals surface area contributed by atoms with Gasteiger partial charge in [0.05, 0.1) is 11.1 Å². The minimum absolute atomic E-state index is 0.0431. The van der Waals surface area contributed by atoms with Crippen molar-refractivity contribution < 1.29 is 19.4 Å². The molecule has 2 aromatic carbocycles. The summed E-state index contributed by atoms with van der Waals surface area (Å²) >= 11 is 1.61. The van der Waals surface area contributed by atoms with Crippen molar-refractivity contribution >= 4 is 22.4 Å². The molecule has 0 radical (unpaired) electrons. The molecule has 41 heavy (non-hydrogen) atoms. The molecule has 2 saturated heterocycles. The van der Waals surface area contributed by atoms with E-state index in [9.17, 15) is 9.90 Å². The molecule has 3 aliphatic heterocycles. The third-order valence-electron chi connectivity index (χ3n) is 9.82. The Kier molecular flexibility index (Phi) is 8.07. The fourth-order valence-corrected chi connectivity index (χ4v) is 7.51. The number of thiazole rings is 1. The van der Waals surface area contributed by atoms with Crippen LogP contribution in [0.1, 0.15) is 55.4 Å². The summed E-state index contributed by atoms with van der Waals surface area (Å²) in [5.74, 6) is 0.167. The first kappa shape index (κ1) is 28.2. The van der Waals surface area contributed by atoms with Gasteiger partial charge in [0.15, 0.2) is 5.13 Å². The van der Waals surface area contributed by atoms with Crippen LogP contribution in [0.3, 0.4) is 0 Å². The number of carboxylic acids is 1. The van der Waals surface area contributed by atoms with Gasteiger partial charge in [-0.3, -0.25) is 9.69 Å². The van der Waals surface area contributed by atoms with Gasteiger partial charge in [-0.1, -0.05) is 31.2 Å². The second kappa shape index (κ2) is 11.7. The second-order valence-electron chi connectivity index (χ2n) is 12.2. The van der Waals surface area contributed by atoms with E-state index in [-0.39, 0.29) is 5.92 Å². The number of ether oxygens (including phenoxy) is 2. The molecule has 6 rings (SSSR count). The Hall–Kier alpha value is -2.94. The molecule has 0 bridgehead atoms. The van der Waals surface area contributed by atoms with Gasteiger partial charge < -0.3 is 19.5 Å². The number of aliphatic carboxylic acids is 1. The van der Waals surface area contributed by atoms with Crippen molar-refractivity contribution in [1.29, 1.82) is 0 Å². The zero-order chi connectivity index (χ0) is 28.6. The summed E-state index contributed by atoms with van der Waals surface area (Å²) in [6.45, 7) is 12.0. The highest BCUT2D eigenvalue weighted by Gasteiger charge is 2.43. The van der Waals surface area contributed by atoms with Crippen LogP contribution in [0, 0.1) is 18.3 Å². The molecule has 2 atom stereocenters. The van der Waals surface area contributed by atoms with E-state index in [0.717, 1.165) is 67.7 Å². The Morgan fingerprint density at radius 3 is 2.78 bits per heavy atom. The maximum atomic E-state index is 11.8. The molecule has 3 aliphatic rings. The lowest BCUT2D eigenvalue weighted by Crippen LogP contribution is -2.48. The Morgan fingerprint density at radius 1 is 1.20 bits per heavy atom. The third kappa shape index (κ3) is 5.62. The van der Waals surface area contributed by atoms with Crippen molar-refractivity contribution in [2.24, 2.45) is 11.3 Å². The van der Waals surface area contributed by atoms with Gasteiger partial charge >= 0.3 is 5.97 Å². The lowest BCUT2D eigenvalue weighted by Gasteiger charge is -2.41. The van der Waals surface area contributed by atoms with Crippen molar-refractivity contribution in [1.82, 2.24) is 9.88 Å². The highest BCUT2D eigenvalue weighted by Crippen LogP contribution is 2.40. The van der Waals surface area contributed by atoms with Gasteiger partial charge in [0, 0.05) is 56.4 Å². The molecule has 2 fully saturated rings. The zero-order valence-corrected chi connectivity index (χ0v) is 25.2. The van der Waals surface area contributed by atoms with Gasteiger partial charge in [-0.25, -0.2) is 4.98 Å². The molecule has 3 aromatic rings. The number of benzene rings is 2. The molecular weight excluding hydrogens is 534 g/mol. The molecule has 218 valence electrons. The minimum Gasteiger partial charge on any atom is -0.488 e. The summed E-state index contributed by atoms with van der Waals surface area (Å²) in [6, 6.07) is 13.3. The smallest absolute Gasteiger partial charge is 0.309 e. The van der Waals surface area contributed by atoms with Crippen molar-refractivity contribution in [2.45, 2.75) is 65.6 Å². The first-order chi connectivity index (χ1) is 19.8. The van der Waals surface area contributed by atoms with Gasteiger partial charge in [-0.2, -0.15) is 0 Å². The van der Waals surface area contributed by atoms with Crippen LogP contribution in [0.15, 0.2) is 41.8 Å². The zero-order valence-electron chi connectivity index (χ0n) is 24.4. The number of hydrogen-bond donors (Lipinski definition) is 1. The summed E-state index contributed by atoms with van der Waals surface area (Å²) in [4.78, 5) is 21.7. The molecular formula is C33H41N3O4S. The number of para-hydroxylation sites is 1. The van der Waals surface area contributed by atoms with E-state index >= 15 is 0 Å². The van der Waals surface area contributed by atoms with Crippen molar-refractivity contribution in [3.05, 3.63) is 64.0 Å². The van der Waals surface area contributed by atoms with Gasteiger partial charge in [0.25, 0.3) is 0 Å². The summed E-state index contributed by atoms with van der Waals surface area (Å²) in [5, 5.41) is 12.7. The van der Waals surface area contributed by atoms with Crippen LogP contribution in [-0.4, -0.2) is 59.8 Å². The van der Waals surface area contributed by atoms with Crippen LogP contribution in [0.25, 0.3) is 11.3 Å². The Balaban J connectivity index is 1.14. The predicted molar refractivity (Wildman–Crippen MR) is 163 cm³/mol. The summed E-state index contributed by atoms with van der Waals surface area (Å²) in [7, 11) is 0. The standard InChI is InChI=1S/C33H41N3O4S/c1-22-18-36(15-13-33(22,3)31(37)38)32-34-29(21-41-32)28-6-4-5-7-30(28)40-20-25-9-8-24-19-35(14-10-27(24)23(25)2)26-11-16-39-17-12-26/h4-9,21-22,26H,10-20H2,1-3H3,(H,37,38)/t22-,33-/m0/s1. The highest BCUT2D eigenvalue weighted by molar-refractivity contribution is 7.14. The molecule has 8 heteroatoms. The van der Waals surface area contributed by atoms with Crippen LogP contribution in [0.2, 0.25) is 0 Å². The van der Waals surface area contributed by atoms with Crippen LogP contribution < -0.4 is 9.64 Å². The van der Waals surface area contributed by atoms with Crippen LogP contribution in [-0.2, 0) is 29.1 Å². The average Bonchev–Trinajstić information content (AvgIpc) is 3.49. The van der Waals surface area contributed by atoms with Gasteiger partial charge in [-0.15, -0.1) is 11.3 Å².